The van der Waals surface area contributed by atoms with Crippen molar-refractivity contribution >= 4 is 56.0 Å². The maximum Gasteiger partial charge on any atom is 0.307 e. The van der Waals surface area contributed by atoms with Crippen LogP contribution in [0.5, 0.6) is 11.5 Å². The van der Waals surface area contributed by atoms with E-state index in [2.05, 4.69) is 15.5 Å². The number of hydrogen-bond donors (Lipinski definition) is 6. The van der Waals surface area contributed by atoms with Crippen LogP contribution in [0, 0.1) is 24.7 Å². The molecule has 9 atom stereocenters. The molecule has 0 saturated carbocycles. The first-order valence-corrected chi connectivity index (χ1v) is 21.0. The van der Waals surface area contributed by atoms with Gasteiger partial charge in [-0.3, -0.25) is 14.4 Å². The predicted octanol–water partition coefficient (Wildman–Crippen LogP) is 3.60. The average Bonchev–Trinajstić information content (AvgIpc) is 3.53. The van der Waals surface area contributed by atoms with Gasteiger partial charge >= 0.3 is 5.79 Å². The van der Waals surface area contributed by atoms with Gasteiger partial charge in [-0.25, -0.2) is 4.98 Å². The predicted molar refractivity (Wildman–Crippen MR) is 233 cm³/mol. The van der Waals surface area contributed by atoms with Crippen molar-refractivity contribution in [2.45, 2.75) is 96.7 Å². The Hall–Kier alpha value is -5.52. The Balaban J connectivity index is 1.51. The minimum absolute atomic E-state index is 0.0150. The number of methoxy groups -OCH3 is 1. The molecule has 62 heavy (non-hydrogen) atoms. The van der Waals surface area contributed by atoms with Crippen LogP contribution in [0.2, 0.25) is 0 Å². The van der Waals surface area contributed by atoms with Crippen molar-refractivity contribution in [3.8, 4) is 11.5 Å². The lowest BCUT2D eigenvalue weighted by Crippen LogP contribution is -2.52. The Labute approximate surface area is 357 Å². The second-order valence-electron chi connectivity index (χ2n) is 17.2. The molecule has 0 unspecified atom stereocenters. The van der Waals surface area contributed by atoms with Gasteiger partial charge in [-0.15, -0.1) is 0 Å². The van der Waals surface area contributed by atoms with Crippen molar-refractivity contribution in [2.75, 3.05) is 37.5 Å². The number of fused-ring (bicyclic) bond motifs is 8. The highest BCUT2D eigenvalue weighted by molar-refractivity contribution is 6.17. The number of hydrogen-bond acceptors (Lipinski definition) is 15. The van der Waals surface area contributed by atoms with E-state index < -0.39 is 76.6 Å². The molecule has 4 aliphatic heterocycles. The van der Waals surface area contributed by atoms with E-state index in [0.29, 0.717) is 24.8 Å². The number of piperidine rings is 1. The smallest absolute Gasteiger partial charge is 0.307 e. The van der Waals surface area contributed by atoms with Gasteiger partial charge in [0.25, 0.3) is 5.91 Å². The quantitative estimate of drug-likeness (QED) is 0.128. The molecule has 16 nitrogen and oxygen atoms in total. The van der Waals surface area contributed by atoms with Crippen LogP contribution < -0.4 is 41.1 Å². The van der Waals surface area contributed by atoms with Crippen LogP contribution in [-0.4, -0.2) is 101 Å². The first kappa shape index (κ1) is 43.1. The van der Waals surface area contributed by atoms with Gasteiger partial charge < -0.3 is 59.3 Å². The summed E-state index contributed by atoms with van der Waals surface area (Å²) in [6, 6.07) is 3.51. The second-order valence-corrected chi connectivity index (χ2v) is 17.2. The van der Waals surface area contributed by atoms with E-state index >= 15 is 4.79 Å². The van der Waals surface area contributed by atoms with Crippen LogP contribution in [0.15, 0.2) is 62.3 Å². The molecule has 6 N–H and O–H groups in total. The molecule has 330 valence electrons. The van der Waals surface area contributed by atoms with Gasteiger partial charge in [0.2, 0.25) is 10.9 Å². The Morgan fingerprint density at radius 2 is 1.66 bits per heavy atom. The van der Waals surface area contributed by atoms with Gasteiger partial charge in [0, 0.05) is 85.3 Å². The summed E-state index contributed by atoms with van der Waals surface area (Å²) >= 11 is 0. The fourth-order valence-electron chi connectivity index (χ4n) is 9.14. The number of amides is 1. The van der Waals surface area contributed by atoms with Gasteiger partial charge in [-0.1, -0.05) is 39.0 Å². The molecule has 0 radical (unpaired) electrons. The number of aliphatic hydroxyl groups excluding tert-OH is 4. The van der Waals surface area contributed by atoms with Crippen molar-refractivity contribution in [3.05, 3.63) is 79.5 Å². The molecule has 1 fully saturated rings. The van der Waals surface area contributed by atoms with Crippen LogP contribution in [0.3, 0.4) is 0 Å². The van der Waals surface area contributed by atoms with Gasteiger partial charge in [0.1, 0.15) is 22.7 Å². The van der Waals surface area contributed by atoms with Crippen LogP contribution in [0.4, 0.5) is 11.4 Å². The summed E-state index contributed by atoms with van der Waals surface area (Å²) < 4.78 is 31.5. The fourth-order valence-corrected chi connectivity index (χ4v) is 9.14. The highest BCUT2D eigenvalue weighted by Gasteiger charge is 2.46. The third-order valence-corrected chi connectivity index (χ3v) is 13.3. The molecular weight excluding hydrogens is 801 g/mol. The highest BCUT2D eigenvalue weighted by atomic mass is 16.7. The normalized spacial score (nSPS) is 31.6. The Kier molecular flexibility index (Phi) is 11.3. The molecule has 4 aromatic rings. The first-order chi connectivity index (χ1) is 29.5. The molecule has 0 aliphatic carbocycles. The fraction of sp³-hybridized carbons (Fsp3) is 0.478. The van der Waals surface area contributed by atoms with Crippen molar-refractivity contribution in [3.63, 3.8) is 0 Å². The zero-order valence-corrected chi connectivity index (χ0v) is 36.0. The van der Waals surface area contributed by atoms with Crippen LogP contribution in [-0.2, 0) is 14.3 Å². The third kappa shape index (κ3) is 7.07. The van der Waals surface area contributed by atoms with Crippen molar-refractivity contribution in [1.82, 2.24) is 10.3 Å². The molecule has 1 aromatic heterocycles. The minimum atomic E-state index is -1.89. The number of anilines is 2. The van der Waals surface area contributed by atoms with Gasteiger partial charge in [-0.2, -0.15) is 0 Å². The molecule has 3 aromatic carbocycles. The lowest BCUT2D eigenvalue weighted by molar-refractivity contribution is -0.115. The topological polar surface area (TPSA) is 222 Å². The van der Waals surface area contributed by atoms with Gasteiger partial charge in [0.15, 0.2) is 28.5 Å². The van der Waals surface area contributed by atoms with E-state index in [9.17, 15) is 30.0 Å². The van der Waals surface area contributed by atoms with Gasteiger partial charge in [0.05, 0.1) is 41.3 Å². The number of benzene rings is 3. The van der Waals surface area contributed by atoms with E-state index in [1.807, 2.05) is 7.05 Å². The number of ether oxygens (including phenoxy) is 4. The second kappa shape index (κ2) is 16.3. The molecule has 8 rings (SSSR count). The summed E-state index contributed by atoms with van der Waals surface area (Å²) in [6.07, 6.45) is 2.70. The summed E-state index contributed by atoms with van der Waals surface area (Å²) in [5, 5.41) is 53.9. The number of allylic oxidation sites excluding steroid dienone is 2. The number of carbonyl (C=O) groups is 1. The zero-order valence-electron chi connectivity index (χ0n) is 36.0. The third-order valence-electron chi connectivity index (χ3n) is 13.3. The van der Waals surface area contributed by atoms with E-state index in [1.165, 1.54) is 38.5 Å². The van der Waals surface area contributed by atoms with Crippen LogP contribution >= 0.6 is 0 Å². The summed E-state index contributed by atoms with van der Waals surface area (Å²) in [5.41, 5.74) is -0.983. The lowest BCUT2D eigenvalue weighted by Gasteiger charge is -2.38. The van der Waals surface area contributed by atoms with Crippen molar-refractivity contribution in [1.29, 1.82) is 0 Å². The van der Waals surface area contributed by atoms with Crippen molar-refractivity contribution < 1.29 is 48.6 Å². The Bertz CT molecular complexity index is 2740. The van der Waals surface area contributed by atoms with E-state index in [4.69, 9.17) is 28.3 Å². The molecular formula is C46H54N4O12. The largest absolute Gasteiger partial charge is 0.505 e. The average molecular weight is 855 g/mol. The minimum Gasteiger partial charge on any atom is -0.505 e. The summed E-state index contributed by atoms with van der Waals surface area (Å²) in [5.74, 6) is -5.45. The molecule has 1 saturated heterocycles. The summed E-state index contributed by atoms with van der Waals surface area (Å²) in [4.78, 5) is 50.5. The standard InChI is InChI=1S/C46H54N4O12/c1-20-10-9-11-21(2)45(57)49-35-39(55)31-30(34-42(35)60-29-19-26(18-27(51)33(29)48-34)50-15-12-25(47-7)13-16-50)32-41-24(5)40(31)61-43(38(54)23(4)36(20)52)37(53)22(3)28(58-8)14-17-59-46(6,62-41)44(32)56/h9-11,14,17-20,22-23,25,28,36-38,43,47,52-54,56H,12-13,15-16H2,1-8H3,(H,49,57)/b10-9+,17-14+,21-11-/t20-,22+,23+,28-,36-,37+,38+,43-,46-/m0/s1. The zero-order chi connectivity index (χ0) is 44.5. The molecule has 1 amide bonds. The molecule has 5 heterocycles. The molecule has 16 heteroatoms. The molecule has 6 bridgehead atoms. The monoisotopic (exact) mass is 854 g/mol. The SMILES string of the molecule is CNC1CCN(c2cc(=O)c3nc4c(oc3c2)c2c(=O)c3c5c(C)c6c(c34)=C(O)[C@@](C)(O/C=C/[C@H](OC)[C@@H](C)[C@@H](O)[C@H](O5)[C@H](O)[C@H](C)[C@@H](O)[C@@H](C)/C=C/C=C(/C)C(=O)N2)O6)CC1. The Morgan fingerprint density at radius 3 is 2.35 bits per heavy atom. The number of carbonyl (C=O) groups excluding carboxylic acids is 1. The van der Waals surface area contributed by atoms with Gasteiger partial charge in [-0.05, 0) is 39.8 Å². The van der Waals surface area contributed by atoms with Crippen LogP contribution in [0.1, 0.15) is 53.0 Å². The van der Waals surface area contributed by atoms with E-state index in [0.717, 1.165) is 12.8 Å². The van der Waals surface area contributed by atoms with Crippen LogP contribution in [0.25, 0.3) is 38.7 Å². The number of nitrogens with one attached hydrogen (secondary N) is 2. The van der Waals surface area contributed by atoms with E-state index in [1.54, 1.807) is 52.8 Å². The molecule has 4 aliphatic rings. The number of nitrogens with zero attached hydrogens (tertiary/aromatic N) is 2. The first-order valence-electron chi connectivity index (χ1n) is 21.0. The number of rotatable bonds is 3. The number of aromatic nitrogens is 1. The highest BCUT2D eigenvalue weighted by Crippen LogP contribution is 2.44. The Morgan fingerprint density at radius 1 is 0.952 bits per heavy atom. The maximum absolute atomic E-state index is 15.4. The molecule has 0 spiro atoms. The van der Waals surface area contributed by atoms with E-state index in [-0.39, 0.29) is 66.5 Å². The summed E-state index contributed by atoms with van der Waals surface area (Å²) in [7, 11) is 3.35. The number of aliphatic hydroxyl groups is 4. The van der Waals surface area contributed by atoms with Crippen molar-refractivity contribution in [2.24, 2.45) is 17.8 Å². The lowest BCUT2D eigenvalue weighted by atomic mass is 9.82. The maximum atomic E-state index is 15.4. The summed E-state index contributed by atoms with van der Waals surface area (Å²) in [6.45, 7) is 11.0.